The third-order valence-electron chi connectivity index (χ3n) is 7.12. The van der Waals surface area contributed by atoms with E-state index in [1.807, 2.05) is 36.4 Å². The van der Waals surface area contributed by atoms with E-state index in [-0.39, 0.29) is 23.0 Å². The molecule has 2 heterocycles. The van der Waals surface area contributed by atoms with E-state index < -0.39 is 6.04 Å². The van der Waals surface area contributed by atoms with Crippen molar-refractivity contribution in [1.82, 2.24) is 4.90 Å². The number of fused-ring (bicyclic) bond motifs is 2. The molecule has 1 saturated carbocycles. The molecular formula is C25H27FN2O2. The Hall–Kier alpha value is -2.69. The molecule has 3 aliphatic rings. The minimum atomic E-state index is -0.660. The standard InChI is InChI=1S/C25H27FN2O2/c26-19-11-8-12-20-22(19)25(14-5-6-15-25)17-28(20)24(30)23(18-9-2-1-3-10-18)27-16-7-4-13-21(27)29/h1-3,8-12,23H,4-7,13-17H2. The summed E-state index contributed by atoms with van der Waals surface area (Å²) in [6.07, 6.45) is 6.17. The summed E-state index contributed by atoms with van der Waals surface area (Å²) in [7, 11) is 0. The molecule has 0 aromatic heterocycles. The Labute approximate surface area is 176 Å². The molecule has 2 aliphatic heterocycles. The van der Waals surface area contributed by atoms with Gasteiger partial charge in [-0.2, -0.15) is 0 Å². The summed E-state index contributed by atoms with van der Waals surface area (Å²) in [4.78, 5) is 30.3. The van der Waals surface area contributed by atoms with Crippen molar-refractivity contribution >= 4 is 17.5 Å². The molecular weight excluding hydrogens is 379 g/mol. The van der Waals surface area contributed by atoms with Crippen molar-refractivity contribution in [2.24, 2.45) is 0 Å². The van der Waals surface area contributed by atoms with E-state index in [0.29, 0.717) is 30.8 Å². The SMILES string of the molecule is O=C(C(c1ccccc1)N1CCCCC1=O)N1CC2(CCCC2)c2c(F)cccc21. The first-order chi connectivity index (χ1) is 14.6. The summed E-state index contributed by atoms with van der Waals surface area (Å²) in [5.74, 6) is -0.306. The van der Waals surface area contributed by atoms with E-state index in [9.17, 15) is 14.0 Å². The number of carbonyl (C=O) groups is 2. The quantitative estimate of drug-likeness (QED) is 0.739. The average Bonchev–Trinajstić information content (AvgIpc) is 3.36. The normalized spacial score (nSPS) is 21.2. The Morgan fingerprint density at radius 3 is 2.47 bits per heavy atom. The van der Waals surface area contributed by atoms with Crippen LogP contribution in [0.25, 0.3) is 0 Å². The van der Waals surface area contributed by atoms with Crippen molar-refractivity contribution in [3.05, 3.63) is 65.5 Å². The van der Waals surface area contributed by atoms with Gasteiger partial charge >= 0.3 is 0 Å². The Morgan fingerprint density at radius 1 is 0.967 bits per heavy atom. The lowest BCUT2D eigenvalue weighted by Gasteiger charge is -2.36. The molecule has 156 valence electrons. The third-order valence-corrected chi connectivity index (χ3v) is 7.12. The van der Waals surface area contributed by atoms with Gasteiger partial charge in [-0.05, 0) is 43.4 Å². The number of nitrogens with zero attached hydrogens (tertiary/aromatic N) is 2. The second-order valence-corrected chi connectivity index (χ2v) is 8.90. The average molecular weight is 407 g/mol. The predicted octanol–water partition coefficient (Wildman–Crippen LogP) is 4.74. The molecule has 5 rings (SSSR count). The van der Waals surface area contributed by atoms with Crippen LogP contribution < -0.4 is 4.90 Å². The summed E-state index contributed by atoms with van der Waals surface area (Å²) < 4.78 is 15.0. The molecule has 1 atom stereocenters. The van der Waals surface area contributed by atoms with Crippen molar-refractivity contribution in [2.45, 2.75) is 56.4 Å². The highest BCUT2D eigenvalue weighted by molar-refractivity contribution is 6.02. The van der Waals surface area contributed by atoms with E-state index in [1.165, 1.54) is 6.07 Å². The van der Waals surface area contributed by atoms with E-state index in [4.69, 9.17) is 0 Å². The van der Waals surface area contributed by atoms with Gasteiger partial charge in [0.1, 0.15) is 11.9 Å². The van der Waals surface area contributed by atoms with Crippen molar-refractivity contribution in [2.75, 3.05) is 18.0 Å². The topological polar surface area (TPSA) is 40.6 Å². The molecule has 2 amide bonds. The number of carbonyl (C=O) groups excluding carboxylic acids is 2. The van der Waals surface area contributed by atoms with E-state index in [1.54, 1.807) is 15.9 Å². The van der Waals surface area contributed by atoms with Gasteiger partial charge in [0.05, 0.1) is 5.69 Å². The Kier molecular flexibility index (Phi) is 4.84. The summed E-state index contributed by atoms with van der Waals surface area (Å²) >= 11 is 0. The number of amides is 2. The van der Waals surface area contributed by atoms with Gasteiger partial charge in [0, 0.05) is 30.5 Å². The van der Waals surface area contributed by atoms with Crippen LogP contribution in [0.2, 0.25) is 0 Å². The number of rotatable bonds is 3. The minimum Gasteiger partial charge on any atom is -0.327 e. The molecule has 4 nitrogen and oxygen atoms in total. The van der Waals surface area contributed by atoms with Gasteiger partial charge in [-0.25, -0.2) is 4.39 Å². The highest BCUT2D eigenvalue weighted by Crippen LogP contribution is 2.52. The Bertz CT molecular complexity index is 968. The summed E-state index contributed by atoms with van der Waals surface area (Å²) in [6, 6.07) is 13.9. The van der Waals surface area contributed by atoms with E-state index >= 15 is 0 Å². The fourth-order valence-corrected chi connectivity index (χ4v) is 5.72. The van der Waals surface area contributed by atoms with Gasteiger partial charge in [0.15, 0.2) is 0 Å². The Morgan fingerprint density at radius 2 is 1.73 bits per heavy atom. The van der Waals surface area contributed by atoms with Crippen LogP contribution in [0.4, 0.5) is 10.1 Å². The summed E-state index contributed by atoms with van der Waals surface area (Å²) in [6.45, 7) is 1.09. The maximum atomic E-state index is 15.0. The second-order valence-electron chi connectivity index (χ2n) is 8.90. The molecule has 0 bridgehead atoms. The molecule has 2 aromatic rings. The lowest BCUT2D eigenvalue weighted by atomic mass is 9.80. The molecule has 2 aromatic carbocycles. The van der Waals surface area contributed by atoms with Crippen LogP contribution in [0.3, 0.4) is 0 Å². The fraction of sp³-hybridized carbons (Fsp3) is 0.440. The van der Waals surface area contributed by atoms with Gasteiger partial charge in [0.2, 0.25) is 5.91 Å². The van der Waals surface area contributed by atoms with Crippen LogP contribution in [0.15, 0.2) is 48.5 Å². The minimum absolute atomic E-state index is 0.0256. The number of halogens is 1. The first kappa shape index (κ1) is 19.3. The van der Waals surface area contributed by atoms with Crippen LogP contribution in [0, 0.1) is 5.82 Å². The first-order valence-corrected chi connectivity index (χ1v) is 11.1. The molecule has 1 saturated heterocycles. The number of likely N-dealkylation sites (tertiary alicyclic amines) is 1. The van der Waals surface area contributed by atoms with Crippen molar-refractivity contribution in [3.8, 4) is 0 Å². The smallest absolute Gasteiger partial charge is 0.254 e. The summed E-state index contributed by atoms with van der Waals surface area (Å²) in [5.41, 5.74) is 1.92. The fourth-order valence-electron chi connectivity index (χ4n) is 5.72. The van der Waals surface area contributed by atoms with Crippen molar-refractivity contribution in [3.63, 3.8) is 0 Å². The van der Waals surface area contributed by atoms with Crippen LogP contribution in [-0.4, -0.2) is 29.8 Å². The third kappa shape index (κ3) is 3.03. The number of hydrogen-bond acceptors (Lipinski definition) is 2. The molecule has 2 fully saturated rings. The molecule has 1 unspecified atom stereocenters. The number of piperidine rings is 1. The monoisotopic (exact) mass is 406 g/mol. The van der Waals surface area contributed by atoms with Crippen LogP contribution >= 0.6 is 0 Å². The maximum absolute atomic E-state index is 15.0. The van der Waals surface area contributed by atoms with Crippen LogP contribution in [0.1, 0.15) is 62.1 Å². The van der Waals surface area contributed by atoms with E-state index in [0.717, 1.165) is 44.1 Å². The lowest BCUT2D eigenvalue weighted by Crippen LogP contribution is -2.48. The van der Waals surface area contributed by atoms with Gasteiger partial charge in [-0.1, -0.05) is 49.2 Å². The van der Waals surface area contributed by atoms with Gasteiger partial charge in [-0.15, -0.1) is 0 Å². The number of benzene rings is 2. The van der Waals surface area contributed by atoms with Gasteiger partial charge in [-0.3, -0.25) is 9.59 Å². The molecule has 1 spiro atoms. The zero-order chi connectivity index (χ0) is 20.7. The number of hydrogen-bond donors (Lipinski definition) is 0. The Balaban J connectivity index is 1.57. The van der Waals surface area contributed by atoms with E-state index in [2.05, 4.69) is 0 Å². The van der Waals surface area contributed by atoms with Crippen molar-refractivity contribution in [1.29, 1.82) is 0 Å². The lowest BCUT2D eigenvalue weighted by molar-refractivity contribution is -0.141. The zero-order valence-corrected chi connectivity index (χ0v) is 17.1. The zero-order valence-electron chi connectivity index (χ0n) is 17.1. The molecule has 5 heteroatoms. The maximum Gasteiger partial charge on any atom is 0.254 e. The number of anilines is 1. The molecule has 30 heavy (non-hydrogen) atoms. The highest BCUT2D eigenvalue weighted by Gasteiger charge is 2.49. The van der Waals surface area contributed by atoms with Gasteiger partial charge in [0.25, 0.3) is 5.91 Å². The first-order valence-electron chi connectivity index (χ1n) is 11.1. The van der Waals surface area contributed by atoms with Gasteiger partial charge < -0.3 is 9.80 Å². The van der Waals surface area contributed by atoms with Crippen LogP contribution in [-0.2, 0) is 15.0 Å². The molecule has 1 aliphatic carbocycles. The largest absolute Gasteiger partial charge is 0.327 e. The predicted molar refractivity (Wildman–Crippen MR) is 114 cm³/mol. The molecule has 0 radical (unpaired) electrons. The van der Waals surface area contributed by atoms with Crippen molar-refractivity contribution < 1.29 is 14.0 Å². The highest BCUT2D eigenvalue weighted by atomic mass is 19.1. The van der Waals surface area contributed by atoms with Crippen LogP contribution in [0.5, 0.6) is 0 Å². The summed E-state index contributed by atoms with van der Waals surface area (Å²) in [5, 5.41) is 0. The second kappa shape index (κ2) is 7.53. The molecule has 0 N–H and O–H groups in total.